The average Bonchev–Trinajstić information content (AvgIpc) is 3.75. The van der Waals surface area contributed by atoms with E-state index in [1.165, 1.54) is 17.4 Å². The second-order valence-corrected chi connectivity index (χ2v) is 11.5. The fraction of sp³-hybridized carbons (Fsp3) is 0.310. The van der Waals surface area contributed by atoms with Crippen molar-refractivity contribution < 1.29 is 4.39 Å². The predicted molar refractivity (Wildman–Crippen MR) is 158 cm³/mol. The van der Waals surface area contributed by atoms with E-state index in [4.69, 9.17) is 4.98 Å². The number of aryl methyl sites for hydroxylation is 1. The molecule has 1 saturated heterocycles. The minimum atomic E-state index is -0.311. The number of nitrogens with zero attached hydrogens (tertiary/aromatic N) is 7. The fourth-order valence-electron chi connectivity index (χ4n) is 5.36. The molecule has 1 aromatic carbocycles. The molecule has 1 aliphatic heterocycles. The second-order valence-electron chi connectivity index (χ2n) is 10.4. The van der Waals surface area contributed by atoms with Gasteiger partial charge in [0.1, 0.15) is 17.8 Å². The van der Waals surface area contributed by atoms with Gasteiger partial charge in [-0.15, -0.1) is 11.3 Å². The van der Waals surface area contributed by atoms with E-state index in [9.17, 15) is 4.79 Å². The van der Waals surface area contributed by atoms with E-state index in [1.807, 2.05) is 17.9 Å². The molecule has 5 aromatic rings. The normalized spacial score (nSPS) is 15.4. The van der Waals surface area contributed by atoms with Crippen LogP contribution in [0, 0.1) is 12.7 Å². The van der Waals surface area contributed by atoms with Gasteiger partial charge >= 0.3 is 0 Å². The Bertz CT molecular complexity index is 1810. The molecule has 0 spiro atoms. The molecule has 41 heavy (non-hydrogen) atoms. The molecule has 1 aliphatic carbocycles. The van der Waals surface area contributed by atoms with Gasteiger partial charge in [-0.2, -0.15) is 4.98 Å². The van der Waals surface area contributed by atoms with Crippen LogP contribution in [0.3, 0.4) is 0 Å². The molecule has 2 fully saturated rings. The zero-order chi connectivity index (χ0) is 27.9. The van der Waals surface area contributed by atoms with Crippen molar-refractivity contribution in [2.24, 2.45) is 0 Å². The molecule has 2 aliphatic rings. The lowest BCUT2D eigenvalue weighted by Gasteiger charge is -2.29. The monoisotopic (exact) mass is 569 g/mol. The van der Waals surface area contributed by atoms with Crippen LogP contribution in [0.5, 0.6) is 0 Å². The van der Waals surface area contributed by atoms with Crippen molar-refractivity contribution >= 4 is 39.7 Å². The maximum Gasteiger partial charge on any atom is 0.262 e. The first-order valence-electron chi connectivity index (χ1n) is 13.7. The van der Waals surface area contributed by atoms with Crippen LogP contribution < -0.4 is 21.1 Å². The maximum atomic E-state index is 15.1. The van der Waals surface area contributed by atoms with Crippen LogP contribution in [0.15, 0.2) is 53.3 Å². The lowest BCUT2D eigenvalue weighted by Crippen LogP contribution is -2.43. The Balaban J connectivity index is 1.29. The summed E-state index contributed by atoms with van der Waals surface area (Å²) in [6, 6.07) is 6.84. The van der Waals surface area contributed by atoms with Crippen molar-refractivity contribution in [3.8, 4) is 11.3 Å². The van der Waals surface area contributed by atoms with Crippen LogP contribution in [-0.2, 0) is 6.54 Å². The molecular weight excluding hydrogens is 541 g/mol. The number of pyridine rings is 1. The topological polar surface area (TPSA) is 114 Å². The molecule has 0 unspecified atom stereocenters. The van der Waals surface area contributed by atoms with E-state index in [2.05, 4.69) is 30.6 Å². The van der Waals surface area contributed by atoms with Crippen LogP contribution in [-0.4, -0.2) is 55.7 Å². The van der Waals surface area contributed by atoms with Crippen LogP contribution in [0.2, 0.25) is 0 Å². The molecule has 7 rings (SSSR count). The van der Waals surface area contributed by atoms with Gasteiger partial charge in [-0.05, 0) is 44.0 Å². The first-order chi connectivity index (χ1) is 20.0. The Hall–Kier alpha value is -4.29. The summed E-state index contributed by atoms with van der Waals surface area (Å²) in [5.41, 5.74) is 6.13. The van der Waals surface area contributed by atoms with Gasteiger partial charge in [0, 0.05) is 66.0 Å². The standard InChI is InChI=1S/C29H28FN9OS/c1-17-25(35-16-41-17)22-10-19-13-33-29(36-21-4-5-24(23(30)11-21)38-8-6-31-7-9-38)37-27(19)39(28(22)40)14-20-12-32-15-34-26(20)18-2-3-18/h4-5,10-13,15-16,18,31H,2-3,6-9,14H2,1H3,(H,33,36,37). The van der Waals surface area contributed by atoms with Crippen molar-refractivity contribution in [3.05, 3.63) is 80.8 Å². The van der Waals surface area contributed by atoms with Crippen LogP contribution in [0.25, 0.3) is 22.3 Å². The highest BCUT2D eigenvalue weighted by Gasteiger charge is 2.28. The molecular formula is C29H28FN9OS. The summed E-state index contributed by atoms with van der Waals surface area (Å²) in [6.07, 6.45) is 7.18. The number of hydrogen-bond donors (Lipinski definition) is 2. The summed E-state index contributed by atoms with van der Waals surface area (Å²) in [5.74, 6) is 0.351. The lowest BCUT2D eigenvalue weighted by atomic mass is 10.1. The van der Waals surface area contributed by atoms with Gasteiger partial charge < -0.3 is 15.5 Å². The number of rotatable bonds is 7. The lowest BCUT2D eigenvalue weighted by molar-refractivity contribution is 0.566. The highest BCUT2D eigenvalue weighted by molar-refractivity contribution is 7.10. The SMILES string of the molecule is Cc1scnc1-c1cc2cnc(Nc3ccc(N4CCNCC4)c(F)c3)nc2n(Cc2cncnc2C2CC2)c1=O. The maximum absolute atomic E-state index is 15.1. The van der Waals surface area contributed by atoms with E-state index in [1.54, 1.807) is 40.9 Å². The Morgan fingerprint density at radius 1 is 1.12 bits per heavy atom. The Labute approximate surface area is 239 Å². The van der Waals surface area contributed by atoms with Crippen molar-refractivity contribution in [3.63, 3.8) is 0 Å². The number of hydrogen-bond acceptors (Lipinski definition) is 10. The summed E-state index contributed by atoms with van der Waals surface area (Å²) < 4.78 is 16.7. The zero-order valence-electron chi connectivity index (χ0n) is 22.5. The molecule has 4 aromatic heterocycles. The number of fused-ring (bicyclic) bond motifs is 1. The van der Waals surface area contributed by atoms with Gasteiger partial charge in [0.2, 0.25) is 5.95 Å². The second kappa shape index (κ2) is 10.6. The van der Waals surface area contributed by atoms with Crippen molar-refractivity contribution in [1.82, 2.24) is 34.8 Å². The first-order valence-corrected chi connectivity index (χ1v) is 14.5. The molecule has 1 saturated carbocycles. The minimum absolute atomic E-state index is 0.201. The third-order valence-corrected chi connectivity index (χ3v) is 8.36. The van der Waals surface area contributed by atoms with Crippen LogP contribution >= 0.6 is 11.3 Å². The summed E-state index contributed by atoms with van der Waals surface area (Å²) in [6.45, 7) is 5.38. The molecule has 208 valence electrons. The van der Waals surface area contributed by atoms with Gasteiger partial charge in [0.05, 0.1) is 34.7 Å². The summed E-state index contributed by atoms with van der Waals surface area (Å²) >= 11 is 1.50. The quantitative estimate of drug-likeness (QED) is 0.297. The molecule has 0 atom stereocenters. The Morgan fingerprint density at radius 3 is 2.73 bits per heavy atom. The van der Waals surface area contributed by atoms with Gasteiger partial charge in [0.25, 0.3) is 5.56 Å². The van der Waals surface area contributed by atoms with E-state index in [-0.39, 0.29) is 23.9 Å². The van der Waals surface area contributed by atoms with Gasteiger partial charge in [-0.25, -0.2) is 24.3 Å². The largest absolute Gasteiger partial charge is 0.367 e. The molecule has 0 amide bonds. The Morgan fingerprint density at radius 2 is 1.98 bits per heavy atom. The van der Waals surface area contributed by atoms with Crippen molar-refractivity contribution in [2.45, 2.75) is 32.2 Å². The Kier molecular flexibility index (Phi) is 6.63. The van der Waals surface area contributed by atoms with Gasteiger partial charge in [-0.3, -0.25) is 9.36 Å². The number of benzene rings is 1. The highest BCUT2D eigenvalue weighted by atomic mass is 32.1. The zero-order valence-corrected chi connectivity index (χ0v) is 23.3. The van der Waals surface area contributed by atoms with Crippen LogP contribution in [0.1, 0.15) is 34.9 Å². The molecule has 0 radical (unpaired) electrons. The number of anilines is 3. The summed E-state index contributed by atoms with van der Waals surface area (Å²) in [7, 11) is 0. The number of piperazine rings is 1. The molecule has 2 N–H and O–H groups in total. The van der Waals surface area contributed by atoms with E-state index in [0.29, 0.717) is 39.6 Å². The third-order valence-electron chi connectivity index (χ3n) is 7.60. The molecule has 12 heteroatoms. The summed E-state index contributed by atoms with van der Waals surface area (Å²) in [5, 5.41) is 7.11. The number of aromatic nitrogens is 6. The number of nitrogens with one attached hydrogen (secondary N) is 2. The van der Waals surface area contributed by atoms with Gasteiger partial charge in [-0.1, -0.05) is 0 Å². The smallest absolute Gasteiger partial charge is 0.262 e. The minimum Gasteiger partial charge on any atom is -0.367 e. The molecule has 5 heterocycles. The van der Waals surface area contributed by atoms with Crippen LogP contribution in [0.4, 0.5) is 21.7 Å². The van der Waals surface area contributed by atoms with Crippen molar-refractivity contribution in [1.29, 1.82) is 0 Å². The predicted octanol–water partition coefficient (Wildman–Crippen LogP) is 4.23. The highest BCUT2D eigenvalue weighted by Crippen LogP contribution is 2.40. The third kappa shape index (κ3) is 5.04. The molecule has 10 nitrogen and oxygen atoms in total. The van der Waals surface area contributed by atoms with Gasteiger partial charge in [0.15, 0.2) is 0 Å². The fourth-order valence-corrected chi connectivity index (χ4v) is 5.95. The van der Waals surface area contributed by atoms with E-state index >= 15 is 4.39 Å². The average molecular weight is 570 g/mol. The first kappa shape index (κ1) is 25.7. The number of halogens is 1. The molecule has 0 bridgehead atoms. The summed E-state index contributed by atoms with van der Waals surface area (Å²) in [4.78, 5) is 39.5. The van der Waals surface area contributed by atoms with E-state index < -0.39 is 0 Å². The number of thiazole rings is 1. The van der Waals surface area contributed by atoms with E-state index in [0.717, 1.165) is 55.2 Å². The van der Waals surface area contributed by atoms with Crippen molar-refractivity contribution in [2.75, 3.05) is 36.4 Å².